The number of hydrogen-bond donors (Lipinski definition) is 1. The van der Waals surface area contributed by atoms with Crippen LogP contribution in [0.4, 0.5) is 5.69 Å². The van der Waals surface area contributed by atoms with Gasteiger partial charge in [-0.25, -0.2) is 0 Å². The number of hydrogen-bond acceptors (Lipinski definition) is 3. The molecule has 1 rings (SSSR count). The molecule has 0 fully saturated rings. The highest BCUT2D eigenvalue weighted by Crippen LogP contribution is 2.14. The molecular weight excluding hydrogens is 256 g/mol. The molecule has 0 aliphatic heterocycles. The van der Waals surface area contributed by atoms with Crippen molar-refractivity contribution in [3.63, 3.8) is 0 Å². The minimum absolute atomic E-state index is 0.0331. The van der Waals surface area contributed by atoms with Gasteiger partial charge < -0.3 is 5.32 Å². The van der Waals surface area contributed by atoms with E-state index in [-0.39, 0.29) is 5.91 Å². The molecule has 0 heterocycles. The van der Waals surface area contributed by atoms with Crippen molar-refractivity contribution in [2.24, 2.45) is 0 Å². The van der Waals surface area contributed by atoms with Crippen LogP contribution in [0.5, 0.6) is 0 Å². The van der Waals surface area contributed by atoms with Gasteiger partial charge >= 0.3 is 0 Å². The molecule has 5 heteroatoms. The number of halogens is 1. The van der Waals surface area contributed by atoms with Crippen molar-refractivity contribution in [2.75, 3.05) is 16.8 Å². The molecule has 1 aromatic carbocycles. The molecule has 0 aliphatic rings. The lowest BCUT2D eigenvalue weighted by molar-refractivity contribution is -0.113. The number of nitriles is 1. The van der Waals surface area contributed by atoms with E-state index in [0.29, 0.717) is 17.2 Å². The number of benzene rings is 1. The standard InChI is InChI=1S/C12H13ClN2OS/c13-10-3-5-11(6-4-10)15-12(16)9-17-8-2-1-7-14/h3-6H,1-2,8-9H2,(H,15,16). The van der Waals surface area contributed by atoms with E-state index in [9.17, 15) is 4.79 Å². The van der Waals surface area contributed by atoms with Crippen molar-refractivity contribution in [1.82, 2.24) is 0 Å². The molecule has 0 atom stereocenters. The molecule has 0 spiro atoms. The van der Waals surface area contributed by atoms with Crippen LogP contribution in [-0.4, -0.2) is 17.4 Å². The predicted molar refractivity (Wildman–Crippen MR) is 72.3 cm³/mol. The van der Waals surface area contributed by atoms with Crippen molar-refractivity contribution in [2.45, 2.75) is 12.8 Å². The number of nitrogens with zero attached hydrogens (tertiary/aromatic N) is 1. The van der Waals surface area contributed by atoms with E-state index in [2.05, 4.69) is 11.4 Å². The van der Waals surface area contributed by atoms with Crippen molar-refractivity contribution < 1.29 is 4.79 Å². The topological polar surface area (TPSA) is 52.9 Å². The molecule has 0 saturated heterocycles. The number of carbonyl (C=O) groups excluding carboxylic acids is 1. The summed E-state index contributed by atoms with van der Waals surface area (Å²) in [6.07, 6.45) is 1.38. The molecular formula is C12H13ClN2OS. The van der Waals surface area contributed by atoms with Gasteiger partial charge in [0.1, 0.15) is 0 Å². The molecule has 0 radical (unpaired) electrons. The van der Waals surface area contributed by atoms with Gasteiger partial charge in [-0.1, -0.05) is 11.6 Å². The van der Waals surface area contributed by atoms with Crippen LogP contribution in [-0.2, 0) is 4.79 Å². The molecule has 3 nitrogen and oxygen atoms in total. The lowest BCUT2D eigenvalue weighted by atomic mass is 10.3. The highest BCUT2D eigenvalue weighted by atomic mass is 35.5. The Balaban J connectivity index is 2.21. The second-order valence-corrected chi connectivity index (χ2v) is 4.91. The van der Waals surface area contributed by atoms with E-state index in [1.54, 1.807) is 24.3 Å². The maximum Gasteiger partial charge on any atom is 0.234 e. The number of unbranched alkanes of at least 4 members (excludes halogenated alkanes) is 1. The Labute approximate surface area is 110 Å². The first-order valence-electron chi connectivity index (χ1n) is 5.22. The number of amides is 1. The summed E-state index contributed by atoms with van der Waals surface area (Å²) in [7, 11) is 0. The second kappa shape index (κ2) is 7.99. The first-order valence-corrected chi connectivity index (χ1v) is 6.76. The number of nitrogens with one attached hydrogen (secondary N) is 1. The summed E-state index contributed by atoms with van der Waals surface area (Å²) in [6.45, 7) is 0. The van der Waals surface area contributed by atoms with E-state index in [1.807, 2.05) is 0 Å². The lowest BCUT2D eigenvalue weighted by Crippen LogP contribution is -2.14. The third-order valence-corrected chi connectivity index (χ3v) is 3.23. The fourth-order valence-corrected chi connectivity index (χ4v) is 2.02. The van der Waals surface area contributed by atoms with Gasteiger partial charge in [0.2, 0.25) is 5.91 Å². The molecule has 1 aromatic rings. The zero-order chi connectivity index (χ0) is 12.5. The molecule has 0 unspecified atom stereocenters. The van der Waals surface area contributed by atoms with Crippen molar-refractivity contribution in [3.05, 3.63) is 29.3 Å². The van der Waals surface area contributed by atoms with E-state index in [4.69, 9.17) is 16.9 Å². The van der Waals surface area contributed by atoms with Crippen LogP contribution < -0.4 is 5.32 Å². The Morgan fingerprint density at radius 3 is 2.76 bits per heavy atom. The van der Waals surface area contributed by atoms with Crippen LogP contribution in [0.1, 0.15) is 12.8 Å². The zero-order valence-electron chi connectivity index (χ0n) is 9.28. The Morgan fingerprint density at radius 1 is 1.41 bits per heavy atom. The fraction of sp³-hybridized carbons (Fsp3) is 0.333. The van der Waals surface area contributed by atoms with Crippen molar-refractivity contribution in [3.8, 4) is 6.07 Å². The van der Waals surface area contributed by atoms with Crippen molar-refractivity contribution in [1.29, 1.82) is 5.26 Å². The summed E-state index contributed by atoms with van der Waals surface area (Å²) in [5.74, 6) is 1.21. The molecule has 0 aliphatic carbocycles. The van der Waals surface area contributed by atoms with Crippen LogP contribution in [0.2, 0.25) is 5.02 Å². The molecule has 1 N–H and O–H groups in total. The Hall–Kier alpha value is -1.18. The van der Waals surface area contributed by atoms with Crippen LogP contribution in [0.15, 0.2) is 24.3 Å². The van der Waals surface area contributed by atoms with Crippen LogP contribution in [0.3, 0.4) is 0 Å². The van der Waals surface area contributed by atoms with Gasteiger partial charge in [0, 0.05) is 17.1 Å². The Morgan fingerprint density at radius 2 is 2.12 bits per heavy atom. The number of carbonyl (C=O) groups is 1. The van der Waals surface area contributed by atoms with Gasteiger partial charge in [-0.15, -0.1) is 0 Å². The largest absolute Gasteiger partial charge is 0.325 e. The minimum Gasteiger partial charge on any atom is -0.325 e. The smallest absolute Gasteiger partial charge is 0.234 e. The summed E-state index contributed by atoms with van der Waals surface area (Å²) in [5, 5.41) is 11.8. The van der Waals surface area contributed by atoms with Gasteiger partial charge in [-0.3, -0.25) is 4.79 Å². The summed E-state index contributed by atoms with van der Waals surface area (Å²) >= 11 is 7.27. The maximum absolute atomic E-state index is 11.5. The zero-order valence-corrected chi connectivity index (χ0v) is 10.9. The molecule has 0 bridgehead atoms. The van der Waals surface area contributed by atoms with E-state index in [1.165, 1.54) is 11.8 Å². The second-order valence-electron chi connectivity index (χ2n) is 3.37. The SMILES string of the molecule is N#CCCCSCC(=O)Nc1ccc(Cl)cc1. The summed E-state index contributed by atoms with van der Waals surface area (Å²) in [5.41, 5.74) is 0.747. The first-order chi connectivity index (χ1) is 8.22. The quantitative estimate of drug-likeness (QED) is 0.806. The summed E-state index contributed by atoms with van der Waals surface area (Å²) in [6, 6.07) is 9.07. The van der Waals surface area contributed by atoms with Gasteiger partial charge in [-0.2, -0.15) is 17.0 Å². The average molecular weight is 269 g/mol. The number of thioether (sulfide) groups is 1. The monoisotopic (exact) mass is 268 g/mol. The van der Waals surface area contributed by atoms with Gasteiger partial charge in [-0.05, 0) is 36.4 Å². The lowest BCUT2D eigenvalue weighted by Gasteiger charge is -2.04. The maximum atomic E-state index is 11.5. The molecule has 0 aromatic heterocycles. The highest BCUT2D eigenvalue weighted by Gasteiger charge is 2.02. The highest BCUT2D eigenvalue weighted by molar-refractivity contribution is 7.99. The van der Waals surface area contributed by atoms with Crippen LogP contribution in [0, 0.1) is 11.3 Å². The predicted octanol–water partition coefficient (Wildman–Crippen LogP) is 3.32. The van der Waals surface area contributed by atoms with Crippen LogP contribution >= 0.6 is 23.4 Å². The number of rotatable bonds is 6. The fourth-order valence-electron chi connectivity index (χ4n) is 1.15. The molecule has 1 amide bonds. The van der Waals surface area contributed by atoms with Crippen LogP contribution in [0.25, 0.3) is 0 Å². The molecule has 17 heavy (non-hydrogen) atoms. The summed E-state index contributed by atoms with van der Waals surface area (Å²) in [4.78, 5) is 11.5. The third kappa shape index (κ3) is 6.20. The van der Waals surface area contributed by atoms with Gasteiger partial charge in [0.15, 0.2) is 0 Å². The Bertz CT molecular complexity index is 400. The van der Waals surface area contributed by atoms with E-state index in [0.717, 1.165) is 17.9 Å². The molecule has 0 saturated carbocycles. The first kappa shape index (κ1) is 13.9. The van der Waals surface area contributed by atoms with E-state index >= 15 is 0 Å². The minimum atomic E-state index is -0.0331. The van der Waals surface area contributed by atoms with Gasteiger partial charge in [0.25, 0.3) is 0 Å². The summed E-state index contributed by atoms with van der Waals surface area (Å²) < 4.78 is 0. The molecule has 90 valence electrons. The third-order valence-electron chi connectivity index (χ3n) is 1.94. The number of anilines is 1. The van der Waals surface area contributed by atoms with E-state index < -0.39 is 0 Å². The van der Waals surface area contributed by atoms with Crippen molar-refractivity contribution >= 4 is 35.0 Å². The van der Waals surface area contributed by atoms with Gasteiger partial charge in [0.05, 0.1) is 11.8 Å². The Kier molecular flexibility index (Phi) is 6.53. The normalized spacial score (nSPS) is 9.65. The average Bonchev–Trinajstić information content (AvgIpc) is 2.32.